The summed E-state index contributed by atoms with van der Waals surface area (Å²) >= 11 is 0. The standard InChI is InChI=1S/C15H18F2O3/c16-12-1-2-13(17)11(9-12)10-14(18)3-5-15(6-4-14)19-7-8-20-15/h1-2,9,18H,3-8,10H2. The van der Waals surface area contributed by atoms with Gasteiger partial charge in [-0.25, -0.2) is 8.78 Å². The van der Waals surface area contributed by atoms with Crippen LogP contribution in [-0.4, -0.2) is 29.7 Å². The van der Waals surface area contributed by atoms with Crippen LogP contribution in [0.25, 0.3) is 0 Å². The van der Waals surface area contributed by atoms with Crippen molar-refractivity contribution in [3.05, 3.63) is 35.4 Å². The van der Waals surface area contributed by atoms with Crippen LogP contribution in [0.1, 0.15) is 31.2 Å². The van der Waals surface area contributed by atoms with Crippen LogP contribution in [0.5, 0.6) is 0 Å². The van der Waals surface area contributed by atoms with Gasteiger partial charge in [-0.05, 0) is 36.6 Å². The van der Waals surface area contributed by atoms with E-state index in [2.05, 4.69) is 0 Å². The molecule has 1 saturated heterocycles. The molecule has 1 N–H and O–H groups in total. The normalized spacial score (nSPS) is 24.1. The van der Waals surface area contributed by atoms with Crippen molar-refractivity contribution >= 4 is 0 Å². The molecule has 3 rings (SSSR count). The van der Waals surface area contributed by atoms with Gasteiger partial charge in [0, 0.05) is 19.3 Å². The molecule has 0 bridgehead atoms. The summed E-state index contributed by atoms with van der Waals surface area (Å²) in [6, 6.07) is 3.33. The lowest BCUT2D eigenvalue weighted by molar-refractivity contribution is -0.202. The zero-order valence-corrected chi connectivity index (χ0v) is 11.2. The molecule has 0 unspecified atom stereocenters. The highest BCUT2D eigenvalue weighted by molar-refractivity contribution is 5.21. The van der Waals surface area contributed by atoms with Gasteiger partial charge in [0.2, 0.25) is 0 Å². The van der Waals surface area contributed by atoms with E-state index in [1.165, 1.54) is 0 Å². The Kier molecular flexibility index (Phi) is 3.52. The van der Waals surface area contributed by atoms with Crippen molar-refractivity contribution < 1.29 is 23.4 Å². The minimum Gasteiger partial charge on any atom is -0.390 e. The van der Waals surface area contributed by atoms with E-state index in [-0.39, 0.29) is 12.0 Å². The Morgan fingerprint density at radius 3 is 2.35 bits per heavy atom. The van der Waals surface area contributed by atoms with Crippen LogP contribution in [0.3, 0.4) is 0 Å². The molecule has 110 valence electrons. The molecule has 2 fully saturated rings. The first-order valence-corrected chi connectivity index (χ1v) is 6.95. The maximum Gasteiger partial charge on any atom is 0.168 e. The van der Waals surface area contributed by atoms with Gasteiger partial charge < -0.3 is 14.6 Å². The van der Waals surface area contributed by atoms with Crippen molar-refractivity contribution in [3.63, 3.8) is 0 Å². The van der Waals surface area contributed by atoms with Crippen LogP contribution in [-0.2, 0) is 15.9 Å². The molecule has 1 aliphatic heterocycles. The predicted octanol–water partition coefficient (Wildman–Crippen LogP) is 2.56. The summed E-state index contributed by atoms with van der Waals surface area (Å²) in [6.45, 7) is 1.16. The van der Waals surface area contributed by atoms with E-state index in [0.29, 0.717) is 38.9 Å². The van der Waals surface area contributed by atoms with Gasteiger partial charge in [-0.2, -0.15) is 0 Å². The summed E-state index contributed by atoms with van der Waals surface area (Å²) in [5, 5.41) is 10.6. The van der Waals surface area contributed by atoms with E-state index in [4.69, 9.17) is 9.47 Å². The Balaban J connectivity index is 1.70. The second-order valence-corrected chi connectivity index (χ2v) is 5.74. The zero-order valence-electron chi connectivity index (χ0n) is 11.2. The Hall–Kier alpha value is -1.04. The second-order valence-electron chi connectivity index (χ2n) is 5.74. The summed E-state index contributed by atoms with van der Waals surface area (Å²) < 4.78 is 38.0. The smallest absolute Gasteiger partial charge is 0.168 e. The number of aliphatic hydroxyl groups is 1. The molecule has 0 aromatic heterocycles. The molecule has 1 aromatic rings. The molecule has 2 aliphatic rings. The third kappa shape index (κ3) is 2.71. The lowest BCUT2D eigenvalue weighted by Gasteiger charge is -2.40. The van der Waals surface area contributed by atoms with Gasteiger partial charge in [-0.15, -0.1) is 0 Å². The minimum absolute atomic E-state index is 0.118. The summed E-state index contributed by atoms with van der Waals surface area (Å²) in [6.07, 6.45) is 2.21. The Bertz CT molecular complexity index is 488. The van der Waals surface area contributed by atoms with E-state index in [0.717, 1.165) is 18.2 Å². The van der Waals surface area contributed by atoms with Gasteiger partial charge in [0.15, 0.2) is 5.79 Å². The topological polar surface area (TPSA) is 38.7 Å². The van der Waals surface area contributed by atoms with Crippen molar-refractivity contribution in [2.24, 2.45) is 0 Å². The first-order chi connectivity index (χ1) is 9.50. The predicted molar refractivity (Wildman–Crippen MR) is 68.1 cm³/mol. The first-order valence-electron chi connectivity index (χ1n) is 6.95. The molecular weight excluding hydrogens is 266 g/mol. The zero-order chi connectivity index (χ0) is 14.2. The summed E-state index contributed by atoms with van der Waals surface area (Å²) in [5.74, 6) is -1.53. The van der Waals surface area contributed by atoms with E-state index in [1.54, 1.807) is 0 Å². The number of halogens is 2. The van der Waals surface area contributed by atoms with Gasteiger partial charge >= 0.3 is 0 Å². The van der Waals surface area contributed by atoms with Crippen molar-refractivity contribution in [3.8, 4) is 0 Å². The third-order valence-corrected chi connectivity index (χ3v) is 4.28. The Labute approximate surface area is 116 Å². The van der Waals surface area contributed by atoms with E-state index < -0.39 is 23.0 Å². The van der Waals surface area contributed by atoms with Crippen molar-refractivity contribution in [2.75, 3.05) is 13.2 Å². The molecule has 20 heavy (non-hydrogen) atoms. The summed E-state index contributed by atoms with van der Waals surface area (Å²) in [5.41, 5.74) is -0.799. The van der Waals surface area contributed by atoms with E-state index in [1.807, 2.05) is 0 Å². The fourth-order valence-electron chi connectivity index (χ4n) is 3.09. The molecule has 1 aliphatic carbocycles. The lowest BCUT2D eigenvalue weighted by Crippen LogP contribution is -2.44. The van der Waals surface area contributed by atoms with Crippen LogP contribution in [0.15, 0.2) is 18.2 Å². The number of rotatable bonds is 2. The molecule has 5 heteroatoms. The number of hydrogen-bond donors (Lipinski definition) is 1. The highest BCUT2D eigenvalue weighted by Gasteiger charge is 2.45. The molecule has 3 nitrogen and oxygen atoms in total. The minimum atomic E-state index is -1.02. The van der Waals surface area contributed by atoms with Crippen LogP contribution in [0.4, 0.5) is 8.78 Å². The quantitative estimate of drug-likeness (QED) is 0.907. The van der Waals surface area contributed by atoms with Crippen LogP contribution >= 0.6 is 0 Å². The van der Waals surface area contributed by atoms with E-state index >= 15 is 0 Å². The molecule has 1 heterocycles. The monoisotopic (exact) mass is 284 g/mol. The highest BCUT2D eigenvalue weighted by atomic mass is 19.1. The molecule has 0 amide bonds. The maximum absolute atomic E-state index is 13.7. The van der Waals surface area contributed by atoms with Crippen LogP contribution in [0, 0.1) is 11.6 Å². The maximum atomic E-state index is 13.7. The van der Waals surface area contributed by atoms with Gasteiger partial charge in [-0.1, -0.05) is 0 Å². The lowest BCUT2D eigenvalue weighted by atomic mass is 9.78. The van der Waals surface area contributed by atoms with Gasteiger partial charge in [0.05, 0.1) is 18.8 Å². The summed E-state index contributed by atoms with van der Waals surface area (Å²) in [4.78, 5) is 0. The third-order valence-electron chi connectivity index (χ3n) is 4.28. The second kappa shape index (κ2) is 5.06. The highest BCUT2D eigenvalue weighted by Crippen LogP contribution is 2.41. The molecule has 1 saturated carbocycles. The molecule has 1 aromatic carbocycles. The fraction of sp³-hybridized carbons (Fsp3) is 0.600. The molecule has 0 atom stereocenters. The Morgan fingerprint density at radius 1 is 1.05 bits per heavy atom. The van der Waals surface area contributed by atoms with Crippen LogP contribution in [0.2, 0.25) is 0 Å². The SMILES string of the molecule is OC1(Cc2cc(F)ccc2F)CCC2(CC1)OCCO2. The largest absolute Gasteiger partial charge is 0.390 e. The fourth-order valence-corrected chi connectivity index (χ4v) is 3.09. The summed E-state index contributed by atoms with van der Waals surface area (Å²) in [7, 11) is 0. The van der Waals surface area contributed by atoms with E-state index in [9.17, 15) is 13.9 Å². The number of hydrogen-bond acceptors (Lipinski definition) is 3. The Morgan fingerprint density at radius 2 is 1.70 bits per heavy atom. The van der Waals surface area contributed by atoms with Gasteiger partial charge in [0.25, 0.3) is 0 Å². The molecular formula is C15H18F2O3. The average molecular weight is 284 g/mol. The molecule has 1 spiro atoms. The number of ether oxygens (including phenoxy) is 2. The van der Waals surface area contributed by atoms with Crippen molar-refractivity contribution in [2.45, 2.75) is 43.5 Å². The first kappa shape index (κ1) is 13.9. The van der Waals surface area contributed by atoms with Crippen molar-refractivity contribution in [1.29, 1.82) is 0 Å². The molecule has 0 radical (unpaired) electrons. The van der Waals surface area contributed by atoms with Gasteiger partial charge in [-0.3, -0.25) is 0 Å². The van der Waals surface area contributed by atoms with Crippen molar-refractivity contribution in [1.82, 2.24) is 0 Å². The average Bonchev–Trinajstić information content (AvgIpc) is 2.87. The number of benzene rings is 1. The van der Waals surface area contributed by atoms with Crippen LogP contribution < -0.4 is 0 Å². The van der Waals surface area contributed by atoms with Gasteiger partial charge in [0.1, 0.15) is 11.6 Å².